The molecule has 0 aliphatic heterocycles. The molecule has 0 heteroatoms. The largest absolute Gasteiger partial charge is 0.0654 e. The Morgan fingerprint density at radius 3 is 2.32 bits per heavy atom. The van der Waals surface area contributed by atoms with E-state index in [-0.39, 0.29) is 0 Å². The fraction of sp³-hybridized carbons (Fsp3) is 0.520. The van der Waals surface area contributed by atoms with Crippen molar-refractivity contribution < 1.29 is 0 Å². The summed E-state index contributed by atoms with van der Waals surface area (Å²) in [6, 6.07) is 16.4. The van der Waals surface area contributed by atoms with Gasteiger partial charge in [-0.2, -0.15) is 0 Å². The summed E-state index contributed by atoms with van der Waals surface area (Å²) in [5.74, 6) is 0.847. The van der Waals surface area contributed by atoms with Crippen LogP contribution in [0.15, 0.2) is 42.5 Å². The van der Waals surface area contributed by atoms with Crippen molar-refractivity contribution >= 4 is 0 Å². The van der Waals surface area contributed by atoms with Crippen LogP contribution in [0.25, 0.3) is 11.1 Å². The Labute approximate surface area is 154 Å². The maximum absolute atomic E-state index is 2.43. The normalized spacial score (nSPS) is 16.6. The minimum atomic E-state index is 0.847. The van der Waals surface area contributed by atoms with E-state index in [1.807, 2.05) is 0 Å². The van der Waals surface area contributed by atoms with Crippen molar-refractivity contribution in [3.05, 3.63) is 59.2 Å². The van der Waals surface area contributed by atoms with Gasteiger partial charge in [-0.25, -0.2) is 0 Å². The third-order valence-corrected chi connectivity index (χ3v) is 5.79. The van der Waals surface area contributed by atoms with Crippen molar-refractivity contribution in [2.24, 2.45) is 5.92 Å². The molecule has 134 valence electrons. The molecule has 1 aliphatic carbocycles. The molecule has 1 unspecified atom stereocenters. The second-order valence-corrected chi connectivity index (χ2v) is 8.05. The number of hydrogen-bond acceptors (Lipinski definition) is 0. The quantitative estimate of drug-likeness (QED) is 0.442. The standard InChI is InChI=1S/C25H34/c1-3-4-5-6-7-8-9-21-11-14-22(15-12-21)24-17-16-23-18-20(2)10-13-25(23)19-24/h11-12,14-17,19-20H,3-10,13,18H2,1-2H3. The summed E-state index contributed by atoms with van der Waals surface area (Å²) in [6.45, 7) is 4.66. The summed E-state index contributed by atoms with van der Waals surface area (Å²) in [5, 5.41) is 0. The summed E-state index contributed by atoms with van der Waals surface area (Å²) in [5.41, 5.74) is 7.40. The Hall–Kier alpha value is -1.56. The molecule has 1 atom stereocenters. The van der Waals surface area contributed by atoms with Crippen LogP contribution in [0.1, 0.15) is 75.5 Å². The highest BCUT2D eigenvalue weighted by molar-refractivity contribution is 5.65. The summed E-state index contributed by atoms with van der Waals surface area (Å²) < 4.78 is 0. The van der Waals surface area contributed by atoms with Crippen LogP contribution >= 0.6 is 0 Å². The lowest BCUT2D eigenvalue weighted by Crippen LogP contribution is -2.11. The van der Waals surface area contributed by atoms with Gasteiger partial charge < -0.3 is 0 Å². The first-order valence-corrected chi connectivity index (χ1v) is 10.5. The average molecular weight is 335 g/mol. The molecule has 2 aromatic carbocycles. The van der Waals surface area contributed by atoms with E-state index < -0.39 is 0 Å². The minimum absolute atomic E-state index is 0.847. The van der Waals surface area contributed by atoms with Gasteiger partial charge in [-0.3, -0.25) is 0 Å². The number of aryl methyl sites for hydroxylation is 2. The van der Waals surface area contributed by atoms with E-state index in [1.165, 1.54) is 80.9 Å². The fourth-order valence-electron chi connectivity index (χ4n) is 4.09. The van der Waals surface area contributed by atoms with Gasteiger partial charge in [0.1, 0.15) is 0 Å². The predicted octanol–water partition coefficient (Wildman–Crippen LogP) is 7.38. The lowest BCUT2D eigenvalue weighted by Gasteiger charge is -2.22. The molecule has 2 aromatic rings. The second kappa shape index (κ2) is 9.22. The van der Waals surface area contributed by atoms with Crippen molar-refractivity contribution in [3.63, 3.8) is 0 Å². The monoisotopic (exact) mass is 334 g/mol. The van der Waals surface area contributed by atoms with Gasteiger partial charge in [0.05, 0.1) is 0 Å². The molecule has 0 nitrogen and oxygen atoms in total. The summed E-state index contributed by atoms with van der Waals surface area (Å²) in [7, 11) is 0. The molecule has 0 heterocycles. The van der Waals surface area contributed by atoms with Gasteiger partial charge in [0.25, 0.3) is 0 Å². The lowest BCUT2D eigenvalue weighted by molar-refractivity contribution is 0.501. The smallest absolute Gasteiger partial charge is 0.0181 e. The van der Waals surface area contributed by atoms with Crippen LogP contribution in [0.2, 0.25) is 0 Å². The molecular weight excluding hydrogens is 300 g/mol. The summed E-state index contributed by atoms with van der Waals surface area (Å²) in [4.78, 5) is 0. The highest BCUT2D eigenvalue weighted by atomic mass is 14.2. The maximum atomic E-state index is 2.43. The highest BCUT2D eigenvalue weighted by Gasteiger charge is 2.15. The molecule has 0 radical (unpaired) electrons. The predicted molar refractivity (Wildman–Crippen MR) is 110 cm³/mol. The van der Waals surface area contributed by atoms with Crippen LogP contribution in [0.5, 0.6) is 0 Å². The average Bonchev–Trinajstić information content (AvgIpc) is 2.64. The molecule has 25 heavy (non-hydrogen) atoms. The SMILES string of the molecule is CCCCCCCCc1ccc(-c2ccc3c(c2)CCC(C)C3)cc1. The third-order valence-electron chi connectivity index (χ3n) is 5.79. The second-order valence-electron chi connectivity index (χ2n) is 8.05. The molecule has 3 rings (SSSR count). The van der Waals surface area contributed by atoms with Crippen molar-refractivity contribution in [3.8, 4) is 11.1 Å². The van der Waals surface area contributed by atoms with E-state index in [1.54, 1.807) is 11.1 Å². The number of hydrogen-bond donors (Lipinski definition) is 0. The van der Waals surface area contributed by atoms with Crippen molar-refractivity contribution in [1.29, 1.82) is 0 Å². The first-order valence-electron chi connectivity index (χ1n) is 10.5. The molecule has 0 amide bonds. The topological polar surface area (TPSA) is 0 Å². The highest BCUT2D eigenvalue weighted by Crippen LogP contribution is 2.30. The Kier molecular flexibility index (Phi) is 6.73. The van der Waals surface area contributed by atoms with Crippen LogP contribution < -0.4 is 0 Å². The van der Waals surface area contributed by atoms with E-state index in [2.05, 4.69) is 56.3 Å². The van der Waals surface area contributed by atoms with Crippen molar-refractivity contribution in [2.75, 3.05) is 0 Å². The van der Waals surface area contributed by atoms with Crippen LogP contribution in [0, 0.1) is 5.92 Å². The Balaban J connectivity index is 1.55. The van der Waals surface area contributed by atoms with Gasteiger partial charge in [0.2, 0.25) is 0 Å². The molecule has 0 aromatic heterocycles. The van der Waals surface area contributed by atoms with Gasteiger partial charge in [0.15, 0.2) is 0 Å². The lowest BCUT2D eigenvalue weighted by atomic mass is 9.83. The number of fused-ring (bicyclic) bond motifs is 1. The maximum Gasteiger partial charge on any atom is -0.0181 e. The molecule has 0 N–H and O–H groups in total. The molecule has 1 aliphatic rings. The summed E-state index contributed by atoms with van der Waals surface area (Å²) in [6.07, 6.45) is 13.3. The van der Waals surface area contributed by atoms with E-state index in [0.717, 1.165) is 5.92 Å². The van der Waals surface area contributed by atoms with Crippen LogP contribution in [-0.4, -0.2) is 0 Å². The first kappa shape index (κ1) is 18.2. The third kappa shape index (κ3) is 5.21. The molecule has 0 saturated carbocycles. The Morgan fingerprint density at radius 1 is 0.800 bits per heavy atom. The van der Waals surface area contributed by atoms with E-state index in [0.29, 0.717) is 0 Å². The van der Waals surface area contributed by atoms with Gasteiger partial charge in [0, 0.05) is 0 Å². The molecule has 0 fully saturated rings. The fourth-order valence-corrected chi connectivity index (χ4v) is 4.09. The Morgan fingerprint density at radius 2 is 1.52 bits per heavy atom. The molecule has 0 bridgehead atoms. The number of benzene rings is 2. The molecule has 0 saturated heterocycles. The van der Waals surface area contributed by atoms with Gasteiger partial charge >= 0.3 is 0 Å². The molecule has 0 spiro atoms. The van der Waals surface area contributed by atoms with Gasteiger partial charge in [-0.1, -0.05) is 88.4 Å². The zero-order chi connectivity index (χ0) is 17.5. The Bertz CT molecular complexity index is 650. The number of unbranched alkanes of at least 4 members (excludes halogenated alkanes) is 5. The minimum Gasteiger partial charge on any atom is -0.0654 e. The van der Waals surface area contributed by atoms with E-state index in [9.17, 15) is 0 Å². The number of rotatable bonds is 8. The van der Waals surface area contributed by atoms with Crippen LogP contribution in [-0.2, 0) is 19.3 Å². The van der Waals surface area contributed by atoms with Gasteiger partial charge in [-0.15, -0.1) is 0 Å². The zero-order valence-corrected chi connectivity index (χ0v) is 16.2. The summed E-state index contributed by atoms with van der Waals surface area (Å²) >= 11 is 0. The van der Waals surface area contributed by atoms with Crippen molar-refractivity contribution in [2.45, 2.75) is 78.1 Å². The van der Waals surface area contributed by atoms with Crippen LogP contribution in [0.3, 0.4) is 0 Å². The first-order chi connectivity index (χ1) is 12.3. The van der Waals surface area contributed by atoms with Crippen LogP contribution in [0.4, 0.5) is 0 Å². The van der Waals surface area contributed by atoms with E-state index >= 15 is 0 Å². The molecular formula is C25H34. The zero-order valence-electron chi connectivity index (χ0n) is 16.2. The van der Waals surface area contributed by atoms with E-state index in [4.69, 9.17) is 0 Å². The van der Waals surface area contributed by atoms with Crippen molar-refractivity contribution in [1.82, 2.24) is 0 Å². The van der Waals surface area contributed by atoms with Gasteiger partial charge in [-0.05, 0) is 65.8 Å².